The van der Waals surface area contributed by atoms with Crippen LogP contribution in [0.1, 0.15) is 23.2 Å². The summed E-state index contributed by atoms with van der Waals surface area (Å²) in [5.74, 6) is -0.123. The summed E-state index contributed by atoms with van der Waals surface area (Å²) in [6.07, 6.45) is 1.70. The molecule has 2 N–H and O–H groups in total. The molecule has 0 radical (unpaired) electrons. The maximum Gasteiger partial charge on any atom is 0.255 e. The lowest BCUT2D eigenvalue weighted by molar-refractivity contribution is 0.0139. The number of hydrogen-bond acceptors (Lipinski definition) is 3. The molecule has 1 aromatic rings. The third-order valence-electron chi connectivity index (χ3n) is 3.69. The van der Waals surface area contributed by atoms with Crippen LogP contribution in [0.3, 0.4) is 0 Å². The van der Waals surface area contributed by atoms with E-state index < -0.39 is 0 Å². The van der Waals surface area contributed by atoms with Crippen molar-refractivity contribution in [1.82, 2.24) is 4.90 Å². The van der Waals surface area contributed by atoms with Crippen LogP contribution in [0.5, 0.6) is 0 Å². The number of nitrogens with two attached hydrogens (primary N) is 1. The summed E-state index contributed by atoms with van der Waals surface area (Å²) >= 11 is 12.0. The van der Waals surface area contributed by atoms with Crippen molar-refractivity contribution in [2.45, 2.75) is 25.0 Å². The number of hydrogen-bond donors (Lipinski definition) is 1. The van der Waals surface area contributed by atoms with Gasteiger partial charge in [-0.3, -0.25) is 4.79 Å². The smallest absolute Gasteiger partial charge is 0.255 e. The molecular weight excluding hydrogens is 335 g/mol. The fourth-order valence-corrected chi connectivity index (χ4v) is 2.91. The average Bonchev–Trinajstić information content (AvgIpc) is 2.48. The summed E-state index contributed by atoms with van der Waals surface area (Å²) in [5, 5.41) is 0.901. The van der Waals surface area contributed by atoms with Crippen molar-refractivity contribution < 1.29 is 9.53 Å². The molecule has 2 atom stereocenters. The summed E-state index contributed by atoms with van der Waals surface area (Å²) in [7, 11) is 1.68. The molecule has 0 saturated carbocycles. The number of amides is 1. The highest BCUT2D eigenvalue weighted by atomic mass is 35.5. The molecule has 118 valence electrons. The minimum absolute atomic E-state index is 0. The van der Waals surface area contributed by atoms with Gasteiger partial charge in [0.1, 0.15) is 0 Å². The van der Waals surface area contributed by atoms with Crippen LogP contribution in [-0.2, 0) is 4.74 Å². The molecule has 2 unspecified atom stereocenters. The molecular formula is C14H19Cl3N2O2. The highest BCUT2D eigenvalue weighted by Gasteiger charge is 2.32. The minimum Gasteiger partial charge on any atom is -0.381 e. The van der Waals surface area contributed by atoms with Crippen molar-refractivity contribution in [3.8, 4) is 0 Å². The van der Waals surface area contributed by atoms with E-state index in [2.05, 4.69) is 0 Å². The van der Waals surface area contributed by atoms with Gasteiger partial charge in [-0.1, -0.05) is 23.2 Å². The summed E-state index contributed by atoms with van der Waals surface area (Å²) in [5.41, 5.74) is 6.21. The summed E-state index contributed by atoms with van der Waals surface area (Å²) < 4.78 is 5.36. The second-order valence-corrected chi connectivity index (χ2v) is 5.74. The molecule has 0 aromatic heterocycles. The summed E-state index contributed by atoms with van der Waals surface area (Å²) in [6.45, 7) is 1.02. The van der Waals surface area contributed by atoms with E-state index in [-0.39, 0.29) is 30.5 Å². The van der Waals surface area contributed by atoms with Crippen LogP contribution in [0, 0.1) is 0 Å². The van der Waals surface area contributed by atoms with Crippen molar-refractivity contribution in [3.63, 3.8) is 0 Å². The predicted octanol–water partition coefficient (Wildman–Crippen LogP) is 2.99. The van der Waals surface area contributed by atoms with Gasteiger partial charge in [0.15, 0.2) is 0 Å². The van der Waals surface area contributed by atoms with Crippen molar-refractivity contribution in [3.05, 3.63) is 33.8 Å². The third kappa shape index (κ3) is 4.24. The van der Waals surface area contributed by atoms with Crippen molar-refractivity contribution in [2.75, 3.05) is 20.2 Å². The van der Waals surface area contributed by atoms with Crippen molar-refractivity contribution in [1.29, 1.82) is 0 Å². The Labute approximate surface area is 140 Å². The molecule has 1 heterocycles. The van der Waals surface area contributed by atoms with Crippen LogP contribution in [0.15, 0.2) is 18.2 Å². The third-order valence-corrected chi connectivity index (χ3v) is 4.26. The number of methoxy groups -OCH3 is 1. The van der Waals surface area contributed by atoms with Gasteiger partial charge in [-0.15, -0.1) is 12.4 Å². The molecule has 21 heavy (non-hydrogen) atoms. The number of likely N-dealkylation sites (tertiary alicyclic amines) is 1. The first-order valence-corrected chi connectivity index (χ1v) is 7.31. The van der Waals surface area contributed by atoms with Crippen LogP contribution >= 0.6 is 35.6 Å². The Hall–Kier alpha value is -0.520. The van der Waals surface area contributed by atoms with Gasteiger partial charge < -0.3 is 15.4 Å². The SMILES string of the molecule is COC1CCN(C(=O)c2cc(Cl)ccc2Cl)C(CN)C1.Cl. The second kappa shape index (κ2) is 8.20. The Bertz CT molecular complexity index is 499. The molecule has 1 aromatic carbocycles. The van der Waals surface area contributed by atoms with E-state index in [9.17, 15) is 4.79 Å². The van der Waals surface area contributed by atoms with Crippen LogP contribution in [0.2, 0.25) is 10.0 Å². The fourth-order valence-electron chi connectivity index (χ4n) is 2.54. The number of piperidine rings is 1. The zero-order valence-corrected chi connectivity index (χ0v) is 14.0. The number of nitrogens with zero attached hydrogens (tertiary/aromatic N) is 1. The van der Waals surface area contributed by atoms with Gasteiger partial charge in [0.2, 0.25) is 0 Å². The van der Waals surface area contributed by atoms with E-state index in [0.29, 0.717) is 28.7 Å². The van der Waals surface area contributed by atoms with E-state index in [4.69, 9.17) is 33.7 Å². The fraction of sp³-hybridized carbons (Fsp3) is 0.500. The number of carbonyl (C=O) groups excluding carboxylic acids is 1. The number of halogens is 3. The summed E-state index contributed by atoms with van der Waals surface area (Å²) in [6, 6.07) is 4.87. The molecule has 1 aliphatic rings. The van der Waals surface area contributed by atoms with E-state index in [1.165, 1.54) is 0 Å². The zero-order chi connectivity index (χ0) is 14.7. The minimum atomic E-state index is -0.123. The first kappa shape index (κ1) is 18.5. The van der Waals surface area contributed by atoms with E-state index >= 15 is 0 Å². The highest BCUT2D eigenvalue weighted by molar-refractivity contribution is 6.35. The first-order valence-electron chi connectivity index (χ1n) is 6.55. The van der Waals surface area contributed by atoms with Crippen molar-refractivity contribution >= 4 is 41.5 Å². The molecule has 1 saturated heterocycles. The van der Waals surface area contributed by atoms with Gasteiger partial charge in [0.05, 0.1) is 16.7 Å². The Balaban J connectivity index is 0.00000220. The molecule has 0 bridgehead atoms. The average molecular weight is 354 g/mol. The Morgan fingerprint density at radius 2 is 2.19 bits per heavy atom. The molecule has 1 fully saturated rings. The maximum atomic E-state index is 12.6. The quantitative estimate of drug-likeness (QED) is 0.909. The van der Waals surface area contributed by atoms with Crippen LogP contribution in [0.25, 0.3) is 0 Å². The predicted molar refractivity (Wildman–Crippen MR) is 87.6 cm³/mol. The van der Waals surface area contributed by atoms with Crippen LogP contribution in [-0.4, -0.2) is 43.2 Å². The molecule has 1 aliphatic heterocycles. The van der Waals surface area contributed by atoms with Gasteiger partial charge in [-0.05, 0) is 31.0 Å². The van der Waals surface area contributed by atoms with Crippen LogP contribution in [0.4, 0.5) is 0 Å². The summed E-state index contributed by atoms with van der Waals surface area (Å²) in [4.78, 5) is 14.4. The number of rotatable bonds is 3. The lowest BCUT2D eigenvalue weighted by Crippen LogP contribution is -2.51. The second-order valence-electron chi connectivity index (χ2n) is 4.89. The molecule has 2 rings (SSSR count). The molecule has 7 heteroatoms. The lowest BCUT2D eigenvalue weighted by atomic mass is 9.98. The van der Waals surface area contributed by atoms with Gasteiger partial charge in [-0.25, -0.2) is 0 Å². The van der Waals surface area contributed by atoms with Gasteiger partial charge in [0.25, 0.3) is 5.91 Å². The van der Waals surface area contributed by atoms with Gasteiger partial charge >= 0.3 is 0 Å². The van der Waals surface area contributed by atoms with E-state index in [0.717, 1.165) is 12.8 Å². The molecule has 1 amide bonds. The van der Waals surface area contributed by atoms with E-state index in [1.807, 2.05) is 0 Å². The number of ether oxygens (including phenoxy) is 1. The number of benzene rings is 1. The molecule has 4 nitrogen and oxygen atoms in total. The monoisotopic (exact) mass is 352 g/mol. The number of carbonyl (C=O) groups is 1. The highest BCUT2D eigenvalue weighted by Crippen LogP contribution is 2.26. The topological polar surface area (TPSA) is 55.6 Å². The Morgan fingerprint density at radius 1 is 1.48 bits per heavy atom. The molecule has 0 spiro atoms. The zero-order valence-electron chi connectivity index (χ0n) is 11.7. The largest absolute Gasteiger partial charge is 0.381 e. The standard InChI is InChI=1S/C14H18Cl2N2O2.ClH/c1-20-11-4-5-18(10(7-11)8-17)14(19)12-6-9(15)2-3-13(12)16;/h2-3,6,10-11H,4-5,7-8,17H2,1H3;1H. The molecule has 0 aliphatic carbocycles. The normalized spacial score (nSPS) is 21.8. The van der Waals surface area contributed by atoms with Crippen molar-refractivity contribution in [2.24, 2.45) is 5.73 Å². The lowest BCUT2D eigenvalue weighted by Gasteiger charge is -2.38. The van der Waals surface area contributed by atoms with E-state index in [1.54, 1.807) is 30.2 Å². The Morgan fingerprint density at radius 3 is 2.81 bits per heavy atom. The van der Waals surface area contributed by atoms with Crippen LogP contribution < -0.4 is 5.73 Å². The van der Waals surface area contributed by atoms with Gasteiger partial charge in [0, 0.05) is 31.3 Å². The van der Waals surface area contributed by atoms with Gasteiger partial charge in [-0.2, -0.15) is 0 Å². The Kier molecular flexibility index (Phi) is 7.24. The first-order chi connectivity index (χ1) is 9.56. The maximum absolute atomic E-state index is 12.6.